The highest BCUT2D eigenvalue weighted by molar-refractivity contribution is 7.13. The van der Waals surface area contributed by atoms with E-state index in [1.165, 1.54) is 16.0 Å². The zero-order valence-electron chi connectivity index (χ0n) is 11.9. The minimum atomic E-state index is -0.156. The number of benzene rings is 1. The van der Waals surface area contributed by atoms with Crippen LogP contribution in [0.4, 0.5) is 0 Å². The quantitative estimate of drug-likeness (QED) is 0.942. The molecule has 1 N–H and O–H groups in total. The molecule has 0 saturated carbocycles. The third kappa shape index (κ3) is 2.64. The molecule has 1 aliphatic heterocycles. The van der Waals surface area contributed by atoms with Crippen LogP contribution in [0.15, 0.2) is 29.8 Å². The first-order valence-electron chi connectivity index (χ1n) is 7.07. The summed E-state index contributed by atoms with van der Waals surface area (Å²) in [6, 6.07) is 9.12. The summed E-state index contributed by atoms with van der Waals surface area (Å²) in [5.74, 6) is 0. The van der Waals surface area contributed by atoms with Crippen molar-refractivity contribution in [2.75, 3.05) is 13.1 Å². The van der Waals surface area contributed by atoms with Gasteiger partial charge in [-0.2, -0.15) is 0 Å². The van der Waals surface area contributed by atoms with Gasteiger partial charge in [0.2, 0.25) is 0 Å². The van der Waals surface area contributed by atoms with Crippen molar-refractivity contribution < 1.29 is 5.11 Å². The summed E-state index contributed by atoms with van der Waals surface area (Å²) in [6.45, 7) is 6.04. The van der Waals surface area contributed by atoms with Gasteiger partial charge in [-0.3, -0.25) is 4.90 Å². The van der Waals surface area contributed by atoms with Crippen LogP contribution in [0.3, 0.4) is 0 Å². The van der Waals surface area contributed by atoms with Crippen LogP contribution in [0.5, 0.6) is 0 Å². The lowest BCUT2D eigenvalue weighted by Gasteiger charge is -2.24. The largest absolute Gasteiger partial charge is 0.392 e. The number of aliphatic hydroxyl groups is 1. The molecule has 0 radical (unpaired) electrons. The van der Waals surface area contributed by atoms with Crippen molar-refractivity contribution in [3.05, 3.63) is 41.0 Å². The fourth-order valence-electron chi connectivity index (χ4n) is 2.82. The summed E-state index contributed by atoms with van der Waals surface area (Å²) in [6.07, 6.45) is 0.735. The Morgan fingerprint density at radius 3 is 2.65 bits per heavy atom. The van der Waals surface area contributed by atoms with Crippen molar-refractivity contribution in [3.63, 3.8) is 0 Å². The fourth-order valence-corrected chi connectivity index (χ4v) is 3.63. The molecule has 2 aromatic rings. The van der Waals surface area contributed by atoms with Crippen molar-refractivity contribution in [2.45, 2.75) is 32.4 Å². The van der Waals surface area contributed by atoms with E-state index in [1.807, 2.05) is 12.4 Å². The average Bonchev–Trinajstić information content (AvgIpc) is 3.07. The SMILES string of the molecule is Cc1ncsc1-c1ccc([C@H](C)N2CCC(O)C2)cc1. The summed E-state index contributed by atoms with van der Waals surface area (Å²) in [7, 11) is 0. The van der Waals surface area contributed by atoms with Gasteiger partial charge in [-0.25, -0.2) is 4.98 Å². The fraction of sp³-hybridized carbons (Fsp3) is 0.438. The molecule has 0 aliphatic carbocycles. The Morgan fingerprint density at radius 1 is 1.35 bits per heavy atom. The highest BCUT2D eigenvalue weighted by Gasteiger charge is 2.25. The molecule has 1 saturated heterocycles. The Kier molecular flexibility index (Phi) is 3.87. The van der Waals surface area contributed by atoms with E-state index in [9.17, 15) is 5.11 Å². The van der Waals surface area contributed by atoms with E-state index in [4.69, 9.17) is 0 Å². The molecular weight excluding hydrogens is 268 g/mol. The van der Waals surface area contributed by atoms with E-state index in [-0.39, 0.29) is 6.10 Å². The number of β-amino-alcohol motifs (C(OH)–C–C–N with tert-alkyl or cyclic N) is 1. The maximum absolute atomic E-state index is 9.65. The molecular formula is C16H20N2OS. The molecule has 3 rings (SSSR count). The second-order valence-electron chi connectivity index (χ2n) is 5.50. The van der Waals surface area contributed by atoms with Crippen molar-refractivity contribution >= 4 is 11.3 Å². The molecule has 0 bridgehead atoms. The lowest BCUT2D eigenvalue weighted by atomic mass is 10.0. The highest BCUT2D eigenvalue weighted by atomic mass is 32.1. The molecule has 2 atom stereocenters. The minimum Gasteiger partial charge on any atom is -0.392 e. The maximum atomic E-state index is 9.65. The number of thiazole rings is 1. The highest BCUT2D eigenvalue weighted by Crippen LogP contribution is 2.30. The van der Waals surface area contributed by atoms with E-state index in [0.29, 0.717) is 6.04 Å². The van der Waals surface area contributed by atoms with Gasteiger partial charge in [-0.05, 0) is 31.4 Å². The Bertz CT molecular complexity index is 578. The van der Waals surface area contributed by atoms with Crippen LogP contribution in [0, 0.1) is 6.92 Å². The topological polar surface area (TPSA) is 36.4 Å². The minimum absolute atomic E-state index is 0.156. The van der Waals surface area contributed by atoms with Crippen LogP contribution in [0.2, 0.25) is 0 Å². The molecule has 1 aliphatic rings. The van der Waals surface area contributed by atoms with Crippen LogP contribution < -0.4 is 0 Å². The van der Waals surface area contributed by atoms with E-state index in [1.54, 1.807) is 11.3 Å². The van der Waals surface area contributed by atoms with E-state index in [0.717, 1.165) is 25.2 Å². The first kappa shape index (κ1) is 13.7. The molecule has 1 aromatic heterocycles. The van der Waals surface area contributed by atoms with E-state index < -0.39 is 0 Å². The van der Waals surface area contributed by atoms with Crippen LogP contribution in [-0.2, 0) is 0 Å². The van der Waals surface area contributed by atoms with E-state index >= 15 is 0 Å². The number of rotatable bonds is 3. The maximum Gasteiger partial charge on any atom is 0.0801 e. The molecule has 0 spiro atoms. The van der Waals surface area contributed by atoms with Crippen LogP contribution >= 0.6 is 11.3 Å². The predicted octanol–water partition coefficient (Wildman–Crippen LogP) is 3.25. The molecule has 3 nitrogen and oxygen atoms in total. The molecule has 106 valence electrons. The summed E-state index contributed by atoms with van der Waals surface area (Å²) in [5, 5.41) is 9.65. The number of hydrogen-bond donors (Lipinski definition) is 1. The van der Waals surface area contributed by atoms with Gasteiger partial charge in [0.25, 0.3) is 0 Å². The number of aliphatic hydroxyl groups excluding tert-OH is 1. The third-order valence-corrected chi connectivity index (χ3v) is 5.12. The van der Waals surface area contributed by atoms with Crippen LogP contribution in [0.1, 0.15) is 30.6 Å². The molecule has 1 unspecified atom stereocenters. The normalized spacial score (nSPS) is 21.2. The van der Waals surface area contributed by atoms with Gasteiger partial charge < -0.3 is 5.11 Å². The van der Waals surface area contributed by atoms with Gasteiger partial charge in [-0.1, -0.05) is 24.3 Å². The predicted molar refractivity (Wildman–Crippen MR) is 82.9 cm³/mol. The summed E-state index contributed by atoms with van der Waals surface area (Å²) in [5.41, 5.74) is 5.54. The smallest absolute Gasteiger partial charge is 0.0801 e. The molecule has 4 heteroatoms. The first-order chi connectivity index (χ1) is 9.65. The van der Waals surface area contributed by atoms with Crippen molar-refractivity contribution in [1.82, 2.24) is 9.88 Å². The molecule has 1 aromatic carbocycles. The van der Waals surface area contributed by atoms with Gasteiger partial charge >= 0.3 is 0 Å². The molecule has 0 amide bonds. The standard InChI is InChI=1S/C16H20N2OS/c1-11-16(20-10-17-11)14-5-3-13(4-6-14)12(2)18-8-7-15(19)9-18/h3-6,10,12,15,19H,7-9H2,1-2H3/t12-,15?/m0/s1. The van der Waals surface area contributed by atoms with Crippen molar-refractivity contribution in [1.29, 1.82) is 0 Å². The van der Waals surface area contributed by atoms with Gasteiger partial charge in [0.05, 0.1) is 22.2 Å². The second kappa shape index (κ2) is 5.64. The monoisotopic (exact) mass is 288 g/mol. The number of nitrogens with zero attached hydrogens (tertiary/aromatic N) is 2. The Hall–Kier alpha value is -1.23. The lowest BCUT2D eigenvalue weighted by molar-refractivity contribution is 0.163. The summed E-state index contributed by atoms with van der Waals surface area (Å²) < 4.78 is 0. The van der Waals surface area contributed by atoms with Gasteiger partial charge in [-0.15, -0.1) is 11.3 Å². The van der Waals surface area contributed by atoms with Crippen molar-refractivity contribution in [3.8, 4) is 10.4 Å². The zero-order valence-corrected chi connectivity index (χ0v) is 12.7. The Labute approximate surface area is 123 Å². The first-order valence-corrected chi connectivity index (χ1v) is 7.95. The Morgan fingerprint density at radius 2 is 2.10 bits per heavy atom. The molecule has 20 heavy (non-hydrogen) atoms. The third-order valence-electron chi connectivity index (χ3n) is 4.14. The van der Waals surface area contributed by atoms with Gasteiger partial charge in [0, 0.05) is 19.1 Å². The lowest BCUT2D eigenvalue weighted by Crippen LogP contribution is -2.25. The molecule has 1 fully saturated rings. The van der Waals surface area contributed by atoms with Crippen LogP contribution in [-0.4, -0.2) is 34.2 Å². The zero-order chi connectivity index (χ0) is 14.1. The Balaban J connectivity index is 1.78. The number of aryl methyl sites for hydroxylation is 1. The van der Waals surface area contributed by atoms with Gasteiger partial charge in [0.15, 0.2) is 0 Å². The van der Waals surface area contributed by atoms with Crippen LogP contribution in [0.25, 0.3) is 10.4 Å². The number of hydrogen-bond acceptors (Lipinski definition) is 4. The van der Waals surface area contributed by atoms with Crippen molar-refractivity contribution in [2.24, 2.45) is 0 Å². The van der Waals surface area contributed by atoms with E-state index in [2.05, 4.69) is 41.1 Å². The molecule has 2 heterocycles. The average molecular weight is 288 g/mol. The second-order valence-corrected chi connectivity index (χ2v) is 6.36. The summed E-state index contributed by atoms with van der Waals surface area (Å²) >= 11 is 1.69. The number of likely N-dealkylation sites (tertiary alicyclic amines) is 1. The summed E-state index contributed by atoms with van der Waals surface area (Å²) in [4.78, 5) is 7.90. The number of aromatic nitrogens is 1. The van der Waals surface area contributed by atoms with Gasteiger partial charge in [0.1, 0.15) is 0 Å².